The fourth-order valence-electron chi connectivity index (χ4n) is 20.3. The van der Waals surface area contributed by atoms with Crippen molar-refractivity contribution < 1.29 is 8.83 Å². The van der Waals surface area contributed by atoms with Crippen LogP contribution in [-0.2, 0) is 10.8 Å². The molecule has 17 aromatic carbocycles. The summed E-state index contributed by atoms with van der Waals surface area (Å²) in [5, 5.41) is 11.8. The summed E-state index contributed by atoms with van der Waals surface area (Å²) >= 11 is 0. The van der Waals surface area contributed by atoms with E-state index in [4.69, 9.17) is 18.8 Å². The van der Waals surface area contributed by atoms with E-state index in [1.165, 1.54) is 105 Å². The molecule has 0 atom stereocenters. The average molecular weight is 1520 g/mol. The Balaban J connectivity index is 0.000000134. The number of aromatic nitrogens is 7. The van der Waals surface area contributed by atoms with Crippen molar-refractivity contribution in [1.29, 1.82) is 0 Å². The van der Waals surface area contributed by atoms with E-state index in [2.05, 4.69) is 408 Å². The molecule has 0 N–H and O–H groups in total. The van der Waals surface area contributed by atoms with Gasteiger partial charge in [0.2, 0.25) is 0 Å². The average Bonchev–Trinajstić information content (AvgIpc) is 1.54. The van der Waals surface area contributed by atoms with Gasteiger partial charge >= 0.3 is 0 Å². The largest absolute Gasteiger partial charge is 0.456 e. The van der Waals surface area contributed by atoms with E-state index in [-0.39, 0.29) is 10.8 Å². The lowest BCUT2D eigenvalue weighted by Crippen LogP contribution is -2.15. The van der Waals surface area contributed by atoms with Crippen molar-refractivity contribution in [3.05, 3.63) is 392 Å². The Kier molecular flexibility index (Phi) is 14.1. The van der Waals surface area contributed by atoms with Crippen molar-refractivity contribution >= 4 is 131 Å². The minimum absolute atomic E-state index is 0.0968. The number of hydrogen-bond acceptors (Lipinski definition) is 4. The Labute approximate surface area is 684 Å². The standard InChI is InChI=1S/C59H39N5O.C51H34N2O/c1-59(2)47-23-11-9-21-41(47)43-32-44-45-34-56-46(42-22-10-16-28-55(42)65-56)33-53(45)62(54(44)35-48(43)59)38-29-39(63-51-26-14-12-24-49(51)60-57(63)36-17-5-3-6-18-36)31-40(30-38)64-52-27-15-13-25-50(52)61-58(64)37-19-7-4-8-20-37;1-51(2)43-15-7-3-11-35(43)39-27-40-41-29-50-42(38-14-6-10-18-49(38)54-50)28-47(41)53(48(40)30-44(39)51)34-25-21-32(22-26-34)31-19-23-33(24-20-31)52-45-16-8-4-12-36(45)37-13-5-9-17-46(37)52/h3-35H,1-2H3;3-30H,1-2H3. The van der Waals surface area contributed by atoms with Crippen LogP contribution < -0.4 is 0 Å². The highest BCUT2D eigenvalue weighted by Crippen LogP contribution is 2.54. The zero-order valence-corrected chi connectivity index (χ0v) is 65.7. The normalized spacial score (nSPS) is 13.3. The molecule has 0 spiro atoms. The fraction of sp³-hybridized carbons (Fsp3) is 0.0545. The predicted molar refractivity (Wildman–Crippen MR) is 491 cm³/mol. The molecule has 0 saturated carbocycles. The summed E-state index contributed by atoms with van der Waals surface area (Å²) in [6.07, 6.45) is 0. The number of para-hydroxylation sites is 8. The topological polar surface area (TPSA) is 76.7 Å². The molecule has 0 unspecified atom stereocenters. The molecule has 2 aliphatic carbocycles. The molecule has 0 amide bonds. The third-order valence-corrected chi connectivity index (χ3v) is 25.9. The van der Waals surface area contributed by atoms with Gasteiger partial charge in [0.1, 0.15) is 34.0 Å². The van der Waals surface area contributed by atoms with Gasteiger partial charge in [-0.3, -0.25) is 9.13 Å². The molecule has 2 aliphatic rings. The maximum absolute atomic E-state index is 6.60. The summed E-state index contributed by atoms with van der Waals surface area (Å²) in [5.41, 5.74) is 34.7. The lowest BCUT2D eigenvalue weighted by atomic mass is 9.82. The van der Waals surface area contributed by atoms with E-state index >= 15 is 0 Å². The summed E-state index contributed by atoms with van der Waals surface area (Å²) in [4.78, 5) is 10.6. The fourth-order valence-corrected chi connectivity index (χ4v) is 20.3. The molecule has 0 fully saturated rings. The summed E-state index contributed by atoms with van der Waals surface area (Å²) in [6.45, 7) is 9.44. The van der Waals surface area contributed by atoms with Gasteiger partial charge < -0.3 is 22.5 Å². The summed E-state index contributed by atoms with van der Waals surface area (Å²) in [7, 11) is 0. The molecule has 119 heavy (non-hydrogen) atoms. The molecule has 0 radical (unpaired) electrons. The van der Waals surface area contributed by atoms with Crippen LogP contribution in [0, 0.1) is 0 Å². The molecular formula is C110H73N7O2. The second-order valence-corrected chi connectivity index (χ2v) is 33.2. The second kappa shape index (κ2) is 25.1. The molecule has 26 rings (SSSR count). The van der Waals surface area contributed by atoms with Crippen LogP contribution in [0.25, 0.3) is 216 Å². The zero-order valence-electron chi connectivity index (χ0n) is 65.7. The van der Waals surface area contributed by atoms with E-state index in [0.29, 0.717) is 0 Å². The van der Waals surface area contributed by atoms with Gasteiger partial charge in [0.25, 0.3) is 0 Å². The van der Waals surface area contributed by atoms with Crippen molar-refractivity contribution in [2.75, 3.05) is 0 Å². The minimum atomic E-state index is -0.196. The molecule has 9 nitrogen and oxygen atoms in total. The third kappa shape index (κ3) is 9.87. The number of furan rings is 2. The minimum Gasteiger partial charge on any atom is -0.456 e. The zero-order chi connectivity index (χ0) is 78.7. The third-order valence-electron chi connectivity index (χ3n) is 25.9. The Bertz CT molecular complexity index is 8220. The van der Waals surface area contributed by atoms with E-state index in [1.54, 1.807) is 0 Å². The quantitative estimate of drug-likeness (QED) is 0.152. The van der Waals surface area contributed by atoms with E-state index in [1.807, 2.05) is 12.1 Å². The lowest BCUT2D eigenvalue weighted by Gasteiger charge is -2.22. The van der Waals surface area contributed by atoms with Gasteiger partial charge in [0, 0.05) is 87.2 Å². The van der Waals surface area contributed by atoms with Crippen LogP contribution in [-0.4, -0.2) is 32.8 Å². The van der Waals surface area contributed by atoms with Crippen LogP contribution in [0.1, 0.15) is 49.9 Å². The van der Waals surface area contributed by atoms with E-state index < -0.39 is 0 Å². The van der Waals surface area contributed by atoms with Gasteiger partial charge in [-0.15, -0.1) is 0 Å². The van der Waals surface area contributed by atoms with Gasteiger partial charge in [-0.2, -0.15) is 0 Å². The lowest BCUT2D eigenvalue weighted by molar-refractivity contribution is 0.661. The Morgan fingerprint density at radius 2 is 0.538 bits per heavy atom. The van der Waals surface area contributed by atoms with Gasteiger partial charge in [-0.25, -0.2) is 9.97 Å². The van der Waals surface area contributed by atoms with Crippen molar-refractivity contribution in [2.24, 2.45) is 0 Å². The molecule has 7 aromatic heterocycles. The number of rotatable bonds is 8. The van der Waals surface area contributed by atoms with Crippen LogP contribution in [0.4, 0.5) is 0 Å². The van der Waals surface area contributed by atoms with Crippen LogP contribution in [0.2, 0.25) is 0 Å². The number of benzene rings is 17. The van der Waals surface area contributed by atoms with Gasteiger partial charge in [0.05, 0.1) is 72.2 Å². The maximum Gasteiger partial charge on any atom is 0.145 e. The van der Waals surface area contributed by atoms with Gasteiger partial charge in [-0.05, 0) is 195 Å². The van der Waals surface area contributed by atoms with E-state index in [0.717, 1.165) is 134 Å². The maximum atomic E-state index is 6.60. The first-order valence-corrected chi connectivity index (χ1v) is 41.0. The van der Waals surface area contributed by atoms with Gasteiger partial charge in [-0.1, -0.05) is 258 Å². The Hall–Kier alpha value is -15.3. The predicted octanol–water partition coefficient (Wildman–Crippen LogP) is 28.8. The number of nitrogens with zero attached hydrogens (tertiary/aromatic N) is 7. The summed E-state index contributed by atoms with van der Waals surface area (Å²) < 4.78 is 25.0. The van der Waals surface area contributed by atoms with Crippen molar-refractivity contribution in [1.82, 2.24) is 32.8 Å². The smallest absolute Gasteiger partial charge is 0.145 e. The Morgan fingerprint density at radius 3 is 0.983 bits per heavy atom. The van der Waals surface area contributed by atoms with Crippen molar-refractivity contribution in [3.8, 4) is 84.6 Å². The van der Waals surface area contributed by atoms with E-state index in [9.17, 15) is 0 Å². The van der Waals surface area contributed by atoms with Crippen LogP contribution in [0.5, 0.6) is 0 Å². The monoisotopic (exact) mass is 1520 g/mol. The molecule has 0 aliphatic heterocycles. The van der Waals surface area contributed by atoms with Crippen LogP contribution in [0.15, 0.2) is 379 Å². The summed E-state index contributed by atoms with van der Waals surface area (Å²) in [5.74, 6) is 1.75. The highest BCUT2D eigenvalue weighted by atomic mass is 16.3. The first-order chi connectivity index (χ1) is 58.5. The first-order valence-electron chi connectivity index (χ1n) is 41.0. The molecule has 0 saturated heterocycles. The molecule has 9 heteroatoms. The van der Waals surface area contributed by atoms with Crippen LogP contribution >= 0.6 is 0 Å². The molecule has 0 bridgehead atoms. The highest BCUT2D eigenvalue weighted by Gasteiger charge is 2.39. The highest BCUT2D eigenvalue weighted by molar-refractivity contribution is 6.20. The molecule has 560 valence electrons. The first kappa shape index (κ1) is 67.1. The molecule has 24 aromatic rings. The number of fused-ring (bicyclic) bond motifs is 23. The van der Waals surface area contributed by atoms with Crippen molar-refractivity contribution in [2.45, 2.75) is 38.5 Å². The van der Waals surface area contributed by atoms with Gasteiger partial charge in [0.15, 0.2) is 0 Å². The Morgan fingerprint density at radius 1 is 0.202 bits per heavy atom. The van der Waals surface area contributed by atoms with Crippen molar-refractivity contribution in [3.63, 3.8) is 0 Å². The second-order valence-electron chi connectivity index (χ2n) is 33.2. The van der Waals surface area contributed by atoms with Crippen LogP contribution in [0.3, 0.4) is 0 Å². The number of imidazole rings is 2. The molecule has 7 heterocycles. The number of hydrogen-bond donors (Lipinski definition) is 0. The molecular weight excluding hydrogens is 1450 g/mol. The summed E-state index contributed by atoms with van der Waals surface area (Å²) in [6, 6.07) is 134. The SMILES string of the molecule is CC1(C)c2ccccc2-c2cc3c4cc5oc6ccccc6c5cc4n(-c4cc(-n5c(-c6ccccc6)nc6ccccc65)cc(-n5c(-c6ccccc6)nc6ccccc65)c4)c3cc21.CC1(C)c2ccccc2-c2cc3c4cc5oc6ccccc6c5cc4n(-c4ccc(-c5ccc(-n6c7ccccc7c7ccccc76)cc5)cc4)c3cc21.